The number of nitrogens with one attached hydrogen (secondary N) is 2. The van der Waals surface area contributed by atoms with E-state index in [1.165, 1.54) is 0 Å². The fourth-order valence-corrected chi connectivity index (χ4v) is 1.32. The second-order valence-corrected chi connectivity index (χ2v) is 4.67. The molecule has 0 aliphatic rings. The number of carbonyl (C=O) groups is 1. The molecule has 0 aromatic carbocycles. The maximum Gasteiger partial charge on any atom is 0.241 e. The SMILES string of the molecule is CC(C)NCc1cn(CC(=O)NC(C)C)nn1. The first-order chi connectivity index (χ1) is 7.97. The molecule has 1 aromatic rings. The van der Waals surface area contributed by atoms with Gasteiger partial charge in [0.25, 0.3) is 0 Å². The minimum Gasteiger partial charge on any atom is -0.352 e. The van der Waals surface area contributed by atoms with Crippen LogP contribution in [0.15, 0.2) is 6.20 Å². The Balaban J connectivity index is 2.42. The summed E-state index contributed by atoms with van der Waals surface area (Å²) in [4.78, 5) is 11.5. The number of carbonyl (C=O) groups excluding carboxylic acids is 1. The van der Waals surface area contributed by atoms with Crippen molar-refractivity contribution in [2.24, 2.45) is 0 Å². The zero-order valence-corrected chi connectivity index (χ0v) is 10.9. The molecule has 6 heteroatoms. The molecular weight excluding hydrogens is 218 g/mol. The van der Waals surface area contributed by atoms with E-state index in [2.05, 4.69) is 34.8 Å². The number of hydrogen-bond donors (Lipinski definition) is 2. The molecule has 1 amide bonds. The van der Waals surface area contributed by atoms with Crippen molar-refractivity contribution in [3.63, 3.8) is 0 Å². The Morgan fingerprint density at radius 1 is 1.35 bits per heavy atom. The van der Waals surface area contributed by atoms with Crippen LogP contribution in [0.25, 0.3) is 0 Å². The zero-order valence-electron chi connectivity index (χ0n) is 10.9. The van der Waals surface area contributed by atoms with E-state index in [4.69, 9.17) is 0 Å². The summed E-state index contributed by atoms with van der Waals surface area (Å²) in [5.41, 5.74) is 0.844. The van der Waals surface area contributed by atoms with Crippen molar-refractivity contribution < 1.29 is 4.79 Å². The third-order valence-electron chi connectivity index (χ3n) is 2.03. The van der Waals surface area contributed by atoms with Crippen LogP contribution < -0.4 is 10.6 Å². The van der Waals surface area contributed by atoms with E-state index in [1.54, 1.807) is 10.9 Å². The smallest absolute Gasteiger partial charge is 0.241 e. The van der Waals surface area contributed by atoms with Gasteiger partial charge >= 0.3 is 0 Å². The van der Waals surface area contributed by atoms with Crippen molar-refractivity contribution in [1.82, 2.24) is 25.6 Å². The molecule has 0 radical (unpaired) electrons. The van der Waals surface area contributed by atoms with E-state index in [0.717, 1.165) is 5.69 Å². The van der Waals surface area contributed by atoms with Gasteiger partial charge in [0.2, 0.25) is 5.91 Å². The minimum atomic E-state index is -0.0479. The Morgan fingerprint density at radius 2 is 2.06 bits per heavy atom. The molecule has 0 fully saturated rings. The molecule has 1 rings (SSSR count). The molecule has 6 nitrogen and oxygen atoms in total. The van der Waals surface area contributed by atoms with Gasteiger partial charge in [0, 0.05) is 18.6 Å². The average molecular weight is 239 g/mol. The van der Waals surface area contributed by atoms with Crippen LogP contribution in [0.2, 0.25) is 0 Å². The van der Waals surface area contributed by atoms with Gasteiger partial charge in [0.15, 0.2) is 0 Å². The molecule has 0 saturated carbocycles. The molecule has 0 atom stereocenters. The second kappa shape index (κ2) is 6.34. The van der Waals surface area contributed by atoms with Gasteiger partial charge in [-0.25, -0.2) is 4.68 Å². The largest absolute Gasteiger partial charge is 0.352 e. The minimum absolute atomic E-state index is 0.0479. The first-order valence-corrected chi connectivity index (χ1v) is 5.89. The topological polar surface area (TPSA) is 71.8 Å². The lowest BCUT2D eigenvalue weighted by Gasteiger charge is -2.07. The second-order valence-electron chi connectivity index (χ2n) is 4.67. The molecule has 1 aromatic heterocycles. The molecule has 1 heterocycles. The summed E-state index contributed by atoms with van der Waals surface area (Å²) in [6.07, 6.45) is 1.79. The van der Waals surface area contributed by atoms with Crippen LogP contribution in [0.3, 0.4) is 0 Å². The lowest BCUT2D eigenvalue weighted by atomic mass is 10.3. The van der Waals surface area contributed by atoms with Gasteiger partial charge in [-0.3, -0.25) is 4.79 Å². The fourth-order valence-electron chi connectivity index (χ4n) is 1.32. The Morgan fingerprint density at radius 3 is 2.65 bits per heavy atom. The zero-order chi connectivity index (χ0) is 12.8. The van der Waals surface area contributed by atoms with Gasteiger partial charge in [-0.15, -0.1) is 5.10 Å². The molecule has 0 unspecified atom stereocenters. The molecular formula is C11H21N5O. The summed E-state index contributed by atoms with van der Waals surface area (Å²) in [7, 11) is 0. The normalized spacial score (nSPS) is 11.2. The number of nitrogens with zero attached hydrogens (tertiary/aromatic N) is 3. The van der Waals surface area contributed by atoms with E-state index in [-0.39, 0.29) is 18.5 Å². The predicted octanol–water partition coefficient (Wildman–Crippen LogP) is 0.301. The molecule has 0 saturated heterocycles. The standard InChI is InChI=1S/C11H21N5O/c1-8(2)12-5-10-6-16(15-14-10)7-11(17)13-9(3)4/h6,8-9,12H,5,7H2,1-4H3,(H,13,17). The van der Waals surface area contributed by atoms with E-state index >= 15 is 0 Å². The summed E-state index contributed by atoms with van der Waals surface area (Å²) in [5.74, 6) is -0.0479. The van der Waals surface area contributed by atoms with Crippen molar-refractivity contribution in [1.29, 1.82) is 0 Å². The predicted molar refractivity (Wildman–Crippen MR) is 65.3 cm³/mol. The molecule has 0 aliphatic heterocycles. The molecule has 0 spiro atoms. The maximum absolute atomic E-state index is 11.5. The van der Waals surface area contributed by atoms with Crippen molar-refractivity contribution in [2.45, 2.75) is 52.9 Å². The molecule has 0 bridgehead atoms. The van der Waals surface area contributed by atoms with Crippen molar-refractivity contribution in [3.8, 4) is 0 Å². The number of amides is 1. The Bertz CT molecular complexity index is 358. The Kier molecular flexibility index (Phi) is 5.09. The fraction of sp³-hybridized carbons (Fsp3) is 0.727. The molecule has 2 N–H and O–H groups in total. The molecule has 0 aliphatic carbocycles. The molecule has 17 heavy (non-hydrogen) atoms. The van der Waals surface area contributed by atoms with Crippen LogP contribution in [0.5, 0.6) is 0 Å². The molecule has 96 valence electrons. The van der Waals surface area contributed by atoms with E-state index in [1.807, 2.05) is 13.8 Å². The highest BCUT2D eigenvalue weighted by Gasteiger charge is 2.07. The van der Waals surface area contributed by atoms with Crippen LogP contribution in [0, 0.1) is 0 Å². The number of aromatic nitrogens is 3. The van der Waals surface area contributed by atoms with Crippen LogP contribution >= 0.6 is 0 Å². The quantitative estimate of drug-likeness (QED) is 0.749. The highest BCUT2D eigenvalue weighted by molar-refractivity contribution is 5.75. The Hall–Kier alpha value is -1.43. The van der Waals surface area contributed by atoms with Gasteiger partial charge in [-0.05, 0) is 13.8 Å². The van der Waals surface area contributed by atoms with Crippen molar-refractivity contribution in [2.75, 3.05) is 0 Å². The third-order valence-corrected chi connectivity index (χ3v) is 2.03. The highest BCUT2D eigenvalue weighted by Crippen LogP contribution is 1.94. The van der Waals surface area contributed by atoms with Gasteiger partial charge in [0.1, 0.15) is 6.54 Å². The van der Waals surface area contributed by atoms with Crippen molar-refractivity contribution in [3.05, 3.63) is 11.9 Å². The van der Waals surface area contributed by atoms with Crippen LogP contribution in [0.4, 0.5) is 0 Å². The van der Waals surface area contributed by atoms with Gasteiger partial charge < -0.3 is 10.6 Å². The summed E-state index contributed by atoms with van der Waals surface area (Å²) in [6, 6.07) is 0.553. The van der Waals surface area contributed by atoms with Crippen LogP contribution in [0.1, 0.15) is 33.4 Å². The number of rotatable bonds is 6. The first kappa shape index (κ1) is 13.6. The van der Waals surface area contributed by atoms with E-state index < -0.39 is 0 Å². The van der Waals surface area contributed by atoms with E-state index in [9.17, 15) is 4.79 Å². The van der Waals surface area contributed by atoms with Gasteiger partial charge in [0.05, 0.1) is 11.9 Å². The number of hydrogen-bond acceptors (Lipinski definition) is 4. The lowest BCUT2D eigenvalue weighted by molar-refractivity contribution is -0.122. The first-order valence-electron chi connectivity index (χ1n) is 5.89. The van der Waals surface area contributed by atoms with Crippen molar-refractivity contribution >= 4 is 5.91 Å². The summed E-state index contributed by atoms with van der Waals surface area (Å²) >= 11 is 0. The maximum atomic E-state index is 11.5. The van der Waals surface area contributed by atoms with Gasteiger partial charge in [-0.1, -0.05) is 19.1 Å². The Labute approximate surface area is 102 Å². The van der Waals surface area contributed by atoms with Gasteiger partial charge in [-0.2, -0.15) is 0 Å². The van der Waals surface area contributed by atoms with E-state index in [0.29, 0.717) is 12.6 Å². The summed E-state index contributed by atoms with van der Waals surface area (Å²) < 4.78 is 1.55. The summed E-state index contributed by atoms with van der Waals surface area (Å²) in [5, 5.41) is 13.9. The lowest BCUT2D eigenvalue weighted by Crippen LogP contribution is -2.33. The average Bonchev–Trinajstić information content (AvgIpc) is 2.61. The summed E-state index contributed by atoms with van der Waals surface area (Å²) in [6.45, 7) is 8.88. The van der Waals surface area contributed by atoms with Crippen LogP contribution in [-0.2, 0) is 17.9 Å². The third kappa shape index (κ3) is 5.44. The monoisotopic (exact) mass is 239 g/mol. The highest BCUT2D eigenvalue weighted by atomic mass is 16.2. The van der Waals surface area contributed by atoms with Crippen LogP contribution in [-0.4, -0.2) is 33.0 Å².